The number of ether oxygens (including phenoxy) is 2. The van der Waals surface area contributed by atoms with Crippen LogP contribution in [0.15, 0.2) is 42.5 Å². The van der Waals surface area contributed by atoms with Crippen LogP contribution in [0.1, 0.15) is 31.4 Å². The Morgan fingerprint density at radius 2 is 2.00 bits per heavy atom. The molecule has 1 aliphatic rings. The van der Waals surface area contributed by atoms with E-state index in [9.17, 15) is 4.79 Å². The van der Waals surface area contributed by atoms with E-state index >= 15 is 0 Å². The molecule has 164 valence electrons. The number of nitrogens with zero attached hydrogens (tertiary/aromatic N) is 3. The molecular weight excluding hydrogens is 392 g/mol. The van der Waals surface area contributed by atoms with Crippen LogP contribution in [0.3, 0.4) is 0 Å². The van der Waals surface area contributed by atoms with Crippen LogP contribution in [0.5, 0.6) is 11.5 Å². The van der Waals surface area contributed by atoms with Gasteiger partial charge in [0.2, 0.25) is 11.9 Å². The van der Waals surface area contributed by atoms with Crippen LogP contribution in [0.2, 0.25) is 0 Å². The van der Waals surface area contributed by atoms with Crippen molar-refractivity contribution in [1.29, 1.82) is 0 Å². The van der Waals surface area contributed by atoms with Crippen LogP contribution in [-0.4, -0.2) is 42.8 Å². The van der Waals surface area contributed by atoms with Crippen LogP contribution >= 0.6 is 0 Å². The van der Waals surface area contributed by atoms with Gasteiger partial charge in [-0.15, -0.1) is 0 Å². The molecule has 0 saturated carbocycles. The fraction of sp³-hybridized carbons (Fsp3) is 0.417. The van der Waals surface area contributed by atoms with Gasteiger partial charge < -0.3 is 24.3 Å². The lowest BCUT2D eigenvalue weighted by Gasteiger charge is -2.33. The zero-order chi connectivity index (χ0) is 22.0. The molecule has 0 unspecified atom stereocenters. The van der Waals surface area contributed by atoms with Gasteiger partial charge in [0.05, 0.1) is 37.2 Å². The number of piperidine rings is 1. The number of hydrogen-bond donors (Lipinski definition) is 1. The summed E-state index contributed by atoms with van der Waals surface area (Å²) in [6, 6.07) is 13.6. The Kier molecular flexibility index (Phi) is 6.02. The van der Waals surface area contributed by atoms with Crippen LogP contribution in [0, 0.1) is 5.92 Å². The summed E-state index contributed by atoms with van der Waals surface area (Å²) in [5, 5.41) is 3.18. The smallest absolute Gasteiger partial charge is 0.225 e. The molecule has 0 radical (unpaired) electrons. The molecule has 2 heterocycles. The zero-order valence-corrected chi connectivity index (χ0v) is 18.6. The van der Waals surface area contributed by atoms with E-state index in [0.717, 1.165) is 53.4 Å². The van der Waals surface area contributed by atoms with E-state index in [-0.39, 0.29) is 17.9 Å². The molecule has 1 aliphatic heterocycles. The van der Waals surface area contributed by atoms with Crippen molar-refractivity contribution in [1.82, 2.24) is 14.9 Å². The van der Waals surface area contributed by atoms with E-state index in [2.05, 4.69) is 20.9 Å². The average molecular weight is 423 g/mol. The number of amides is 1. The third-order valence-corrected chi connectivity index (χ3v) is 6.10. The lowest BCUT2D eigenvalue weighted by Crippen LogP contribution is -2.44. The van der Waals surface area contributed by atoms with E-state index < -0.39 is 0 Å². The second kappa shape index (κ2) is 8.88. The molecular formula is C24H30N4O3. The normalized spacial score (nSPS) is 17.4. The third kappa shape index (κ3) is 4.17. The van der Waals surface area contributed by atoms with Crippen LogP contribution in [0.4, 0.5) is 5.95 Å². The first-order valence-electron chi connectivity index (χ1n) is 10.7. The first-order valence-corrected chi connectivity index (χ1v) is 10.7. The van der Waals surface area contributed by atoms with Gasteiger partial charge in [0.1, 0.15) is 11.5 Å². The van der Waals surface area contributed by atoms with Crippen molar-refractivity contribution < 1.29 is 14.3 Å². The largest absolute Gasteiger partial charge is 0.497 e. The average Bonchev–Trinajstić information content (AvgIpc) is 3.15. The number of carbonyl (C=O) groups excluding carboxylic acids is 1. The van der Waals surface area contributed by atoms with Gasteiger partial charge in [-0.25, -0.2) is 4.98 Å². The van der Waals surface area contributed by atoms with Gasteiger partial charge in [-0.05, 0) is 50.1 Å². The number of imidazole rings is 1. The molecule has 7 nitrogen and oxygen atoms in total. The maximum atomic E-state index is 13.1. The van der Waals surface area contributed by atoms with Gasteiger partial charge in [0.25, 0.3) is 0 Å². The minimum Gasteiger partial charge on any atom is -0.497 e. The second-order valence-electron chi connectivity index (χ2n) is 8.08. The van der Waals surface area contributed by atoms with E-state index in [1.807, 2.05) is 50.4 Å². The van der Waals surface area contributed by atoms with E-state index in [1.54, 1.807) is 14.2 Å². The van der Waals surface area contributed by atoms with Gasteiger partial charge in [-0.3, -0.25) is 4.79 Å². The molecule has 1 aromatic heterocycles. The molecule has 31 heavy (non-hydrogen) atoms. The zero-order valence-electron chi connectivity index (χ0n) is 18.6. The van der Waals surface area contributed by atoms with Crippen molar-refractivity contribution in [3.05, 3.63) is 48.0 Å². The quantitative estimate of drug-likeness (QED) is 0.656. The minimum atomic E-state index is -0.191. The molecule has 4 rings (SSSR count). The molecule has 2 atom stereocenters. The summed E-state index contributed by atoms with van der Waals surface area (Å²) in [5.41, 5.74) is 2.98. The number of fused-ring (bicyclic) bond motifs is 1. The summed E-state index contributed by atoms with van der Waals surface area (Å²) in [7, 11) is 5.30. The summed E-state index contributed by atoms with van der Waals surface area (Å²) in [4.78, 5) is 20.2. The maximum Gasteiger partial charge on any atom is 0.225 e. The standard InChI is InChI=1S/C24H30N4O3/c1-16(19-14-18(30-3)11-12-22(19)31-4)25-23(29)17-8-7-13-28(15-17)24-26-20-9-5-6-10-21(20)27(24)2/h5-6,9-12,14,16-17H,7-8,13,15H2,1-4H3,(H,25,29)/t16-,17-/m0/s1. The molecule has 0 bridgehead atoms. The first-order chi connectivity index (χ1) is 15.0. The van der Waals surface area contributed by atoms with Crippen molar-refractivity contribution in [2.24, 2.45) is 13.0 Å². The Morgan fingerprint density at radius 1 is 1.19 bits per heavy atom. The van der Waals surface area contributed by atoms with Crippen LogP contribution in [-0.2, 0) is 11.8 Å². The highest BCUT2D eigenvalue weighted by atomic mass is 16.5. The Morgan fingerprint density at radius 3 is 2.74 bits per heavy atom. The maximum absolute atomic E-state index is 13.1. The molecule has 1 amide bonds. The number of hydrogen-bond acceptors (Lipinski definition) is 5. The highest BCUT2D eigenvalue weighted by molar-refractivity contribution is 5.81. The highest BCUT2D eigenvalue weighted by Crippen LogP contribution is 2.30. The minimum absolute atomic E-state index is 0.0563. The van der Waals surface area contributed by atoms with Crippen molar-refractivity contribution in [3.8, 4) is 11.5 Å². The Hall–Kier alpha value is -3.22. The van der Waals surface area contributed by atoms with Crippen molar-refractivity contribution in [2.45, 2.75) is 25.8 Å². The van der Waals surface area contributed by atoms with E-state index in [0.29, 0.717) is 6.54 Å². The summed E-state index contributed by atoms with van der Waals surface area (Å²) < 4.78 is 12.9. The summed E-state index contributed by atoms with van der Waals surface area (Å²) in [5.74, 6) is 2.36. The third-order valence-electron chi connectivity index (χ3n) is 6.10. The monoisotopic (exact) mass is 422 g/mol. The SMILES string of the molecule is COc1ccc(OC)c([C@H](C)NC(=O)[C@H]2CCCN(c3nc4ccccc4n3C)C2)c1. The molecule has 1 saturated heterocycles. The highest BCUT2D eigenvalue weighted by Gasteiger charge is 2.29. The van der Waals surface area contributed by atoms with Gasteiger partial charge >= 0.3 is 0 Å². The number of aromatic nitrogens is 2. The molecule has 1 fully saturated rings. The number of para-hydroxylation sites is 2. The van der Waals surface area contributed by atoms with Crippen molar-refractivity contribution >= 4 is 22.9 Å². The van der Waals surface area contributed by atoms with Gasteiger partial charge in [0, 0.05) is 25.7 Å². The number of anilines is 1. The number of carbonyl (C=O) groups is 1. The Balaban J connectivity index is 1.48. The Labute approximate surface area is 183 Å². The van der Waals surface area contributed by atoms with Gasteiger partial charge in [-0.1, -0.05) is 12.1 Å². The summed E-state index contributed by atoms with van der Waals surface area (Å²) in [6.45, 7) is 3.53. The van der Waals surface area contributed by atoms with Crippen LogP contribution in [0.25, 0.3) is 11.0 Å². The Bertz CT molecular complexity index is 1080. The number of benzene rings is 2. The van der Waals surface area contributed by atoms with Crippen LogP contribution < -0.4 is 19.7 Å². The molecule has 7 heteroatoms. The lowest BCUT2D eigenvalue weighted by atomic mass is 9.96. The second-order valence-corrected chi connectivity index (χ2v) is 8.08. The lowest BCUT2D eigenvalue weighted by molar-refractivity contribution is -0.125. The fourth-order valence-electron chi connectivity index (χ4n) is 4.38. The van der Waals surface area contributed by atoms with E-state index in [1.165, 1.54) is 0 Å². The fourth-order valence-corrected chi connectivity index (χ4v) is 4.38. The number of rotatable bonds is 6. The number of aryl methyl sites for hydroxylation is 1. The van der Waals surface area contributed by atoms with Crippen molar-refractivity contribution in [2.75, 3.05) is 32.2 Å². The topological polar surface area (TPSA) is 68.6 Å². The summed E-state index contributed by atoms with van der Waals surface area (Å²) in [6.07, 6.45) is 1.83. The first kappa shape index (κ1) is 21.0. The molecule has 0 aliphatic carbocycles. The number of methoxy groups -OCH3 is 2. The molecule has 3 aromatic rings. The van der Waals surface area contributed by atoms with Gasteiger partial charge in [-0.2, -0.15) is 0 Å². The molecule has 1 N–H and O–H groups in total. The van der Waals surface area contributed by atoms with Gasteiger partial charge in [0.15, 0.2) is 0 Å². The summed E-state index contributed by atoms with van der Waals surface area (Å²) >= 11 is 0. The number of nitrogens with one attached hydrogen (secondary N) is 1. The predicted octanol–water partition coefficient (Wildman–Crippen LogP) is 3.68. The molecule has 2 aromatic carbocycles. The van der Waals surface area contributed by atoms with E-state index in [4.69, 9.17) is 14.5 Å². The molecule has 0 spiro atoms. The predicted molar refractivity (Wildman–Crippen MR) is 122 cm³/mol. The van der Waals surface area contributed by atoms with Crippen molar-refractivity contribution in [3.63, 3.8) is 0 Å².